The Morgan fingerprint density at radius 3 is 2.44 bits per heavy atom. The molecule has 0 heterocycles. The molecule has 0 saturated heterocycles. The Hall–Kier alpha value is -2.00. The predicted molar refractivity (Wildman–Crippen MR) is 72.3 cm³/mol. The number of para-hydroxylation sites is 1. The molecule has 92 valence electrons. The third kappa shape index (κ3) is 2.31. The monoisotopic (exact) mass is 261 g/mol. The van der Waals surface area contributed by atoms with Crippen molar-refractivity contribution in [3.63, 3.8) is 0 Å². The molecular formula is C14H12ClNO2. The largest absolute Gasteiger partial charge is 0.495 e. The van der Waals surface area contributed by atoms with Crippen LogP contribution in [-0.4, -0.2) is 12.9 Å². The first-order valence-corrected chi connectivity index (χ1v) is 5.74. The summed E-state index contributed by atoms with van der Waals surface area (Å²) in [6.07, 6.45) is 0. The highest BCUT2D eigenvalue weighted by Crippen LogP contribution is 2.26. The number of methoxy groups -OCH3 is 1. The van der Waals surface area contributed by atoms with Crippen LogP contribution >= 0.6 is 11.6 Å². The first-order chi connectivity index (χ1) is 8.63. The van der Waals surface area contributed by atoms with E-state index in [0.29, 0.717) is 27.6 Å². The van der Waals surface area contributed by atoms with Crippen LogP contribution in [0.3, 0.4) is 0 Å². The minimum Gasteiger partial charge on any atom is -0.495 e. The number of carbonyl (C=O) groups excluding carboxylic acids is 1. The minimum absolute atomic E-state index is 0.150. The number of anilines is 1. The Morgan fingerprint density at radius 2 is 1.83 bits per heavy atom. The van der Waals surface area contributed by atoms with E-state index < -0.39 is 0 Å². The molecular weight excluding hydrogens is 250 g/mol. The van der Waals surface area contributed by atoms with Crippen molar-refractivity contribution in [2.24, 2.45) is 0 Å². The number of ether oxygens (including phenoxy) is 1. The number of hydrogen-bond acceptors (Lipinski definition) is 3. The number of halogens is 1. The van der Waals surface area contributed by atoms with Crippen LogP contribution in [-0.2, 0) is 0 Å². The van der Waals surface area contributed by atoms with E-state index in [1.165, 1.54) is 7.11 Å². The van der Waals surface area contributed by atoms with Crippen molar-refractivity contribution in [1.82, 2.24) is 0 Å². The van der Waals surface area contributed by atoms with Gasteiger partial charge in [-0.05, 0) is 36.4 Å². The summed E-state index contributed by atoms with van der Waals surface area (Å²) < 4.78 is 5.09. The average molecular weight is 262 g/mol. The summed E-state index contributed by atoms with van der Waals surface area (Å²) in [7, 11) is 1.52. The summed E-state index contributed by atoms with van der Waals surface area (Å²) in [6, 6.07) is 11.8. The maximum absolute atomic E-state index is 12.3. The van der Waals surface area contributed by atoms with Gasteiger partial charge < -0.3 is 10.5 Å². The van der Waals surface area contributed by atoms with Crippen LogP contribution in [0.4, 0.5) is 5.69 Å². The number of rotatable bonds is 3. The van der Waals surface area contributed by atoms with Gasteiger partial charge in [-0.1, -0.05) is 17.7 Å². The van der Waals surface area contributed by atoms with E-state index >= 15 is 0 Å². The van der Waals surface area contributed by atoms with Gasteiger partial charge in [0, 0.05) is 16.1 Å². The van der Waals surface area contributed by atoms with Crippen LogP contribution in [0.1, 0.15) is 15.9 Å². The Labute approximate surface area is 110 Å². The van der Waals surface area contributed by atoms with Gasteiger partial charge in [-0.2, -0.15) is 0 Å². The highest BCUT2D eigenvalue weighted by Gasteiger charge is 2.14. The van der Waals surface area contributed by atoms with Crippen molar-refractivity contribution in [1.29, 1.82) is 0 Å². The van der Waals surface area contributed by atoms with Gasteiger partial charge in [-0.3, -0.25) is 4.79 Å². The van der Waals surface area contributed by atoms with Gasteiger partial charge in [0.05, 0.1) is 12.8 Å². The molecule has 0 saturated carbocycles. The lowest BCUT2D eigenvalue weighted by molar-refractivity contribution is 0.103. The zero-order valence-corrected chi connectivity index (χ0v) is 10.6. The van der Waals surface area contributed by atoms with Gasteiger partial charge in [-0.15, -0.1) is 0 Å². The number of carbonyl (C=O) groups is 1. The van der Waals surface area contributed by atoms with Gasteiger partial charge in [0.15, 0.2) is 5.78 Å². The highest BCUT2D eigenvalue weighted by molar-refractivity contribution is 6.30. The van der Waals surface area contributed by atoms with Gasteiger partial charge in [0.1, 0.15) is 5.75 Å². The maximum atomic E-state index is 12.3. The molecule has 4 heteroatoms. The topological polar surface area (TPSA) is 52.3 Å². The number of benzene rings is 2. The van der Waals surface area contributed by atoms with E-state index in [-0.39, 0.29) is 5.78 Å². The second-order valence-electron chi connectivity index (χ2n) is 3.76. The van der Waals surface area contributed by atoms with Crippen LogP contribution in [0.2, 0.25) is 5.02 Å². The second-order valence-corrected chi connectivity index (χ2v) is 4.19. The van der Waals surface area contributed by atoms with Crippen LogP contribution in [0.5, 0.6) is 5.75 Å². The molecule has 0 fully saturated rings. The number of hydrogen-bond donors (Lipinski definition) is 1. The van der Waals surface area contributed by atoms with Gasteiger partial charge >= 0.3 is 0 Å². The Balaban J connectivity index is 2.43. The van der Waals surface area contributed by atoms with Crippen molar-refractivity contribution in [2.75, 3.05) is 12.8 Å². The van der Waals surface area contributed by atoms with Gasteiger partial charge in [0.2, 0.25) is 0 Å². The Morgan fingerprint density at radius 1 is 1.17 bits per heavy atom. The molecule has 0 aromatic heterocycles. The van der Waals surface area contributed by atoms with Gasteiger partial charge in [0.25, 0.3) is 0 Å². The number of ketones is 1. The summed E-state index contributed by atoms with van der Waals surface area (Å²) in [4.78, 5) is 12.3. The lowest BCUT2D eigenvalue weighted by Crippen LogP contribution is -2.06. The van der Waals surface area contributed by atoms with Crippen LogP contribution < -0.4 is 10.5 Å². The fourth-order valence-corrected chi connectivity index (χ4v) is 1.80. The molecule has 0 unspecified atom stereocenters. The fourth-order valence-electron chi connectivity index (χ4n) is 1.68. The Bertz CT molecular complexity index is 579. The summed E-state index contributed by atoms with van der Waals surface area (Å²) in [5, 5.41) is 0.588. The number of nitrogen functional groups attached to an aromatic ring is 1. The SMILES string of the molecule is COc1cccc(C(=O)c2ccc(Cl)cc2)c1N. The maximum Gasteiger partial charge on any atom is 0.195 e. The third-order valence-corrected chi connectivity index (χ3v) is 2.89. The molecule has 2 aromatic rings. The highest BCUT2D eigenvalue weighted by atomic mass is 35.5. The zero-order valence-electron chi connectivity index (χ0n) is 9.81. The van der Waals surface area contributed by atoms with Crippen molar-refractivity contribution in [2.45, 2.75) is 0 Å². The standard InChI is InChI=1S/C14H12ClNO2/c1-18-12-4-2-3-11(13(12)16)14(17)9-5-7-10(15)8-6-9/h2-8H,16H2,1H3. The summed E-state index contributed by atoms with van der Waals surface area (Å²) >= 11 is 5.79. The van der Waals surface area contributed by atoms with Crippen molar-refractivity contribution in [3.05, 3.63) is 58.6 Å². The predicted octanol–water partition coefficient (Wildman–Crippen LogP) is 3.16. The Kier molecular flexibility index (Phi) is 3.53. The molecule has 3 nitrogen and oxygen atoms in total. The van der Waals surface area contributed by atoms with Crippen LogP contribution in [0, 0.1) is 0 Å². The summed E-state index contributed by atoms with van der Waals surface area (Å²) in [5.41, 5.74) is 7.21. The van der Waals surface area contributed by atoms with E-state index in [2.05, 4.69) is 0 Å². The molecule has 0 radical (unpaired) electrons. The fraction of sp³-hybridized carbons (Fsp3) is 0.0714. The molecule has 0 spiro atoms. The molecule has 0 bridgehead atoms. The van der Waals surface area contributed by atoms with E-state index in [1.807, 2.05) is 0 Å². The summed E-state index contributed by atoms with van der Waals surface area (Å²) in [6.45, 7) is 0. The minimum atomic E-state index is -0.150. The van der Waals surface area contributed by atoms with Crippen molar-refractivity contribution in [3.8, 4) is 5.75 Å². The molecule has 0 aliphatic heterocycles. The molecule has 0 aliphatic carbocycles. The van der Waals surface area contributed by atoms with Crippen LogP contribution in [0.25, 0.3) is 0 Å². The molecule has 2 aromatic carbocycles. The average Bonchev–Trinajstić information content (AvgIpc) is 2.39. The zero-order chi connectivity index (χ0) is 13.1. The van der Waals surface area contributed by atoms with E-state index in [0.717, 1.165) is 0 Å². The molecule has 2 N–H and O–H groups in total. The quantitative estimate of drug-likeness (QED) is 0.682. The molecule has 0 aliphatic rings. The molecule has 0 amide bonds. The normalized spacial score (nSPS) is 10.1. The van der Waals surface area contributed by atoms with Crippen molar-refractivity contribution < 1.29 is 9.53 Å². The lowest BCUT2D eigenvalue weighted by Gasteiger charge is -2.09. The second kappa shape index (κ2) is 5.10. The molecule has 0 atom stereocenters. The molecule has 18 heavy (non-hydrogen) atoms. The van der Waals surface area contributed by atoms with E-state index in [9.17, 15) is 4.79 Å². The smallest absolute Gasteiger partial charge is 0.195 e. The van der Waals surface area contributed by atoms with Gasteiger partial charge in [-0.25, -0.2) is 0 Å². The van der Waals surface area contributed by atoms with E-state index in [1.54, 1.807) is 42.5 Å². The summed E-state index contributed by atoms with van der Waals surface area (Å²) in [5.74, 6) is 0.345. The number of nitrogens with two attached hydrogens (primary N) is 1. The first-order valence-electron chi connectivity index (χ1n) is 5.36. The van der Waals surface area contributed by atoms with Crippen LogP contribution in [0.15, 0.2) is 42.5 Å². The van der Waals surface area contributed by atoms with Crippen molar-refractivity contribution >= 4 is 23.1 Å². The van der Waals surface area contributed by atoms with E-state index in [4.69, 9.17) is 22.1 Å². The lowest BCUT2D eigenvalue weighted by atomic mass is 10.0. The first kappa shape index (κ1) is 12.5. The third-order valence-electron chi connectivity index (χ3n) is 2.64. The molecule has 2 rings (SSSR count).